The van der Waals surface area contributed by atoms with Gasteiger partial charge in [0.2, 0.25) is 5.91 Å². The number of rotatable bonds is 9. The second-order valence-corrected chi connectivity index (χ2v) is 4.29. The third-order valence-corrected chi connectivity index (χ3v) is 2.67. The molecule has 0 radical (unpaired) electrons. The van der Waals surface area contributed by atoms with E-state index in [0.29, 0.717) is 12.8 Å². The maximum Gasteiger partial charge on any atom is 0.326 e. The minimum absolute atomic E-state index is 0.359. The Balaban J connectivity index is 4.15. The smallest absolute Gasteiger partial charge is 0.326 e. The maximum absolute atomic E-state index is 11.6. The van der Waals surface area contributed by atoms with Crippen LogP contribution in [0, 0.1) is 0 Å². The molecule has 0 aromatic carbocycles. The molecule has 2 atom stereocenters. The Morgan fingerprint density at radius 2 is 1.71 bits per heavy atom. The van der Waals surface area contributed by atoms with E-state index in [2.05, 4.69) is 5.32 Å². The molecule has 0 aliphatic rings. The number of amides is 1. The minimum Gasteiger partial charge on any atom is -0.480 e. The molecule has 17 heavy (non-hydrogen) atoms. The SMILES string of the molecule is CCCCC(N)C(=O)NC(CCCC)C(=O)O. The van der Waals surface area contributed by atoms with E-state index in [0.717, 1.165) is 25.7 Å². The van der Waals surface area contributed by atoms with Gasteiger partial charge in [-0.05, 0) is 12.8 Å². The summed E-state index contributed by atoms with van der Waals surface area (Å²) < 4.78 is 0. The van der Waals surface area contributed by atoms with Gasteiger partial charge < -0.3 is 16.2 Å². The van der Waals surface area contributed by atoms with E-state index >= 15 is 0 Å². The van der Waals surface area contributed by atoms with Crippen molar-refractivity contribution in [1.82, 2.24) is 5.32 Å². The fourth-order valence-corrected chi connectivity index (χ4v) is 1.50. The molecule has 5 nitrogen and oxygen atoms in total. The van der Waals surface area contributed by atoms with E-state index in [1.54, 1.807) is 0 Å². The van der Waals surface area contributed by atoms with Crippen molar-refractivity contribution >= 4 is 11.9 Å². The molecule has 0 spiro atoms. The van der Waals surface area contributed by atoms with Crippen LogP contribution in [0.3, 0.4) is 0 Å². The van der Waals surface area contributed by atoms with Gasteiger partial charge in [0, 0.05) is 0 Å². The highest BCUT2D eigenvalue weighted by atomic mass is 16.4. The van der Waals surface area contributed by atoms with Crippen LogP contribution < -0.4 is 11.1 Å². The lowest BCUT2D eigenvalue weighted by Gasteiger charge is -2.17. The van der Waals surface area contributed by atoms with Crippen molar-refractivity contribution in [2.75, 3.05) is 0 Å². The van der Waals surface area contributed by atoms with Gasteiger partial charge in [0.25, 0.3) is 0 Å². The molecule has 0 aliphatic heterocycles. The molecule has 0 saturated heterocycles. The Morgan fingerprint density at radius 1 is 1.18 bits per heavy atom. The molecule has 0 rings (SSSR count). The Morgan fingerprint density at radius 3 is 2.18 bits per heavy atom. The Bertz CT molecular complexity index is 244. The Labute approximate surface area is 103 Å². The van der Waals surface area contributed by atoms with Crippen molar-refractivity contribution in [3.8, 4) is 0 Å². The van der Waals surface area contributed by atoms with Gasteiger partial charge in [-0.2, -0.15) is 0 Å². The highest BCUT2D eigenvalue weighted by molar-refractivity contribution is 5.86. The molecule has 1 amide bonds. The lowest BCUT2D eigenvalue weighted by molar-refractivity contribution is -0.142. The van der Waals surface area contributed by atoms with Crippen LogP contribution in [0.5, 0.6) is 0 Å². The summed E-state index contributed by atoms with van der Waals surface area (Å²) >= 11 is 0. The summed E-state index contributed by atoms with van der Waals surface area (Å²) in [6.45, 7) is 4.00. The molecule has 0 fully saturated rings. The molecular formula is C12H24N2O3. The molecule has 0 aromatic rings. The van der Waals surface area contributed by atoms with E-state index in [9.17, 15) is 9.59 Å². The molecule has 0 bridgehead atoms. The monoisotopic (exact) mass is 244 g/mol. The predicted molar refractivity (Wildman–Crippen MR) is 66.6 cm³/mol. The van der Waals surface area contributed by atoms with Crippen molar-refractivity contribution in [1.29, 1.82) is 0 Å². The number of nitrogens with two attached hydrogens (primary N) is 1. The van der Waals surface area contributed by atoms with Crippen LogP contribution in [0.25, 0.3) is 0 Å². The van der Waals surface area contributed by atoms with Crippen LogP contribution in [0.15, 0.2) is 0 Å². The number of carbonyl (C=O) groups excluding carboxylic acids is 1. The standard InChI is InChI=1S/C12H24N2O3/c1-3-5-7-9(13)11(15)14-10(12(16)17)8-6-4-2/h9-10H,3-8,13H2,1-2H3,(H,14,15)(H,16,17). The van der Waals surface area contributed by atoms with Crippen LogP contribution >= 0.6 is 0 Å². The molecule has 5 heteroatoms. The highest BCUT2D eigenvalue weighted by Gasteiger charge is 2.22. The van der Waals surface area contributed by atoms with Gasteiger partial charge in [-0.15, -0.1) is 0 Å². The third kappa shape index (κ3) is 6.94. The predicted octanol–water partition coefficient (Wildman–Crippen LogP) is 1.26. The zero-order valence-corrected chi connectivity index (χ0v) is 10.7. The van der Waals surface area contributed by atoms with Crippen molar-refractivity contribution in [2.45, 2.75) is 64.5 Å². The van der Waals surface area contributed by atoms with Gasteiger partial charge in [0.05, 0.1) is 6.04 Å². The lowest BCUT2D eigenvalue weighted by atomic mass is 10.1. The number of aliphatic carboxylic acids is 1. The lowest BCUT2D eigenvalue weighted by Crippen LogP contribution is -2.48. The average Bonchev–Trinajstić information content (AvgIpc) is 2.30. The second kappa shape index (κ2) is 8.98. The van der Waals surface area contributed by atoms with E-state index in [1.807, 2.05) is 13.8 Å². The van der Waals surface area contributed by atoms with Gasteiger partial charge in [0.1, 0.15) is 6.04 Å². The first kappa shape index (κ1) is 15.9. The number of nitrogens with one attached hydrogen (secondary N) is 1. The first-order valence-electron chi connectivity index (χ1n) is 6.31. The van der Waals surface area contributed by atoms with Crippen LogP contribution in [0.2, 0.25) is 0 Å². The van der Waals surface area contributed by atoms with E-state index in [-0.39, 0.29) is 5.91 Å². The summed E-state index contributed by atoms with van der Waals surface area (Å²) in [5, 5.41) is 11.4. The van der Waals surface area contributed by atoms with Crippen molar-refractivity contribution in [3.05, 3.63) is 0 Å². The summed E-state index contributed by atoms with van der Waals surface area (Å²) in [5.41, 5.74) is 5.68. The zero-order chi connectivity index (χ0) is 13.3. The van der Waals surface area contributed by atoms with Crippen LogP contribution in [-0.4, -0.2) is 29.1 Å². The molecule has 0 aliphatic carbocycles. The van der Waals surface area contributed by atoms with Crippen LogP contribution in [0.4, 0.5) is 0 Å². The average molecular weight is 244 g/mol. The number of carboxylic acids is 1. The van der Waals surface area contributed by atoms with Gasteiger partial charge in [-0.1, -0.05) is 39.5 Å². The minimum atomic E-state index is -0.991. The molecular weight excluding hydrogens is 220 g/mol. The first-order valence-corrected chi connectivity index (χ1v) is 6.31. The van der Waals surface area contributed by atoms with Crippen molar-refractivity contribution < 1.29 is 14.7 Å². The van der Waals surface area contributed by atoms with Crippen LogP contribution in [-0.2, 0) is 9.59 Å². The Hall–Kier alpha value is -1.10. The highest BCUT2D eigenvalue weighted by Crippen LogP contribution is 2.03. The number of hydrogen-bond acceptors (Lipinski definition) is 3. The number of carbonyl (C=O) groups is 2. The summed E-state index contributed by atoms with van der Waals surface area (Å²) in [7, 11) is 0. The topological polar surface area (TPSA) is 92.4 Å². The fraction of sp³-hybridized carbons (Fsp3) is 0.833. The summed E-state index contributed by atoms with van der Waals surface area (Å²) in [6.07, 6.45) is 4.59. The second-order valence-electron chi connectivity index (χ2n) is 4.29. The molecule has 0 heterocycles. The van der Waals surface area contributed by atoms with Gasteiger partial charge >= 0.3 is 5.97 Å². The zero-order valence-electron chi connectivity index (χ0n) is 10.7. The van der Waals surface area contributed by atoms with Gasteiger partial charge in [-0.3, -0.25) is 4.79 Å². The number of unbranched alkanes of at least 4 members (excludes halogenated alkanes) is 2. The summed E-state index contributed by atoms with van der Waals surface area (Å²) in [5.74, 6) is -1.35. The van der Waals surface area contributed by atoms with Crippen molar-refractivity contribution in [2.24, 2.45) is 5.73 Å². The van der Waals surface area contributed by atoms with Gasteiger partial charge in [-0.25, -0.2) is 4.79 Å². The molecule has 0 saturated carbocycles. The maximum atomic E-state index is 11.6. The van der Waals surface area contributed by atoms with Crippen LogP contribution in [0.1, 0.15) is 52.4 Å². The first-order chi connectivity index (χ1) is 8.02. The normalized spacial score (nSPS) is 14.1. The Kier molecular flexibility index (Phi) is 8.40. The molecule has 2 unspecified atom stereocenters. The summed E-state index contributed by atoms with van der Waals surface area (Å²) in [6, 6.07) is -1.41. The van der Waals surface area contributed by atoms with Gasteiger partial charge in [0.15, 0.2) is 0 Å². The van der Waals surface area contributed by atoms with E-state index < -0.39 is 18.1 Å². The molecule has 0 aromatic heterocycles. The van der Waals surface area contributed by atoms with E-state index in [4.69, 9.17) is 10.8 Å². The van der Waals surface area contributed by atoms with E-state index in [1.165, 1.54) is 0 Å². The fourth-order valence-electron chi connectivity index (χ4n) is 1.50. The summed E-state index contributed by atoms with van der Waals surface area (Å²) in [4.78, 5) is 22.5. The third-order valence-electron chi connectivity index (χ3n) is 2.67. The quantitative estimate of drug-likeness (QED) is 0.569. The number of carboxylic acid groups (broad SMARTS) is 1. The largest absolute Gasteiger partial charge is 0.480 e. The number of hydrogen-bond donors (Lipinski definition) is 3. The van der Waals surface area contributed by atoms with Crippen molar-refractivity contribution in [3.63, 3.8) is 0 Å². The molecule has 4 N–H and O–H groups in total. The molecule has 100 valence electrons.